The molecule has 3 aromatic rings. The van der Waals surface area contributed by atoms with E-state index in [4.69, 9.17) is 4.74 Å². The van der Waals surface area contributed by atoms with Crippen molar-refractivity contribution < 1.29 is 13.9 Å². The predicted molar refractivity (Wildman–Crippen MR) is 95.7 cm³/mol. The Kier molecular flexibility index (Phi) is 4.56. The molecular weight excluding hydrogens is 333 g/mol. The standard InChI is InChI=1S/C20H20FN3O2/c21-16-6-8-17(9-7-16)26-14-15-4-3-11-24(12-15)20(25)18-13-23-10-2-1-5-19(23)22-18/h1-2,5-10,13,15H,3-4,11-12,14H2/t15-/m0/s1. The Morgan fingerprint density at radius 2 is 2.08 bits per heavy atom. The fraction of sp³-hybridized carbons (Fsp3) is 0.300. The second-order valence-corrected chi connectivity index (χ2v) is 6.62. The molecule has 0 N–H and O–H groups in total. The van der Waals surface area contributed by atoms with Crippen molar-refractivity contribution in [1.82, 2.24) is 14.3 Å². The fourth-order valence-corrected chi connectivity index (χ4v) is 3.33. The molecule has 1 saturated heterocycles. The summed E-state index contributed by atoms with van der Waals surface area (Å²) in [6.07, 6.45) is 5.61. The largest absolute Gasteiger partial charge is 0.493 e. The van der Waals surface area contributed by atoms with Crippen LogP contribution in [0.4, 0.5) is 4.39 Å². The molecule has 1 amide bonds. The molecular formula is C20H20FN3O2. The molecule has 1 aromatic carbocycles. The molecule has 4 rings (SSSR count). The van der Waals surface area contributed by atoms with Gasteiger partial charge in [0, 0.05) is 31.4 Å². The van der Waals surface area contributed by atoms with Gasteiger partial charge in [0.1, 0.15) is 22.9 Å². The van der Waals surface area contributed by atoms with Gasteiger partial charge in [0.2, 0.25) is 0 Å². The smallest absolute Gasteiger partial charge is 0.274 e. The summed E-state index contributed by atoms with van der Waals surface area (Å²) in [6, 6.07) is 11.7. The first-order valence-corrected chi connectivity index (χ1v) is 8.80. The van der Waals surface area contributed by atoms with Crippen LogP contribution in [-0.2, 0) is 0 Å². The van der Waals surface area contributed by atoms with Crippen molar-refractivity contribution in [2.24, 2.45) is 5.92 Å². The maximum absolute atomic E-state index is 13.0. The first-order valence-electron chi connectivity index (χ1n) is 8.80. The van der Waals surface area contributed by atoms with Gasteiger partial charge >= 0.3 is 0 Å². The predicted octanol–water partition coefficient (Wildman–Crippen LogP) is 3.40. The minimum absolute atomic E-state index is 0.0415. The van der Waals surface area contributed by atoms with E-state index in [0.29, 0.717) is 24.6 Å². The molecule has 5 nitrogen and oxygen atoms in total. The van der Waals surface area contributed by atoms with Gasteiger partial charge in [-0.1, -0.05) is 6.07 Å². The van der Waals surface area contributed by atoms with Crippen LogP contribution in [0.1, 0.15) is 23.3 Å². The highest BCUT2D eigenvalue weighted by Crippen LogP contribution is 2.21. The number of carbonyl (C=O) groups is 1. The average molecular weight is 353 g/mol. The van der Waals surface area contributed by atoms with E-state index in [1.807, 2.05) is 33.7 Å². The molecule has 1 atom stereocenters. The van der Waals surface area contributed by atoms with E-state index in [1.165, 1.54) is 12.1 Å². The van der Waals surface area contributed by atoms with E-state index in [9.17, 15) is 9.18 Å². The zero-order valence-corrected chi connectivity index (χ0v) is 14.3. The highest BCUT2D eigenvalue weighted by atomic mass is 19.1. The fourth-order valence-electron chi connectivity index (χ4n) is 3.33. The number of rotatable bonds is 4. The Balaban J connectivity index is 1.39. The van der Waals surface area contributed by atoms with Crippen LogP contribution >= 0.6 is 0 Å². The summed E-state index contributed by atoms with van der Waals surface area (Å²) in [6.45, 7) is 1.90. The summed E-state index contributed by atoms with van der Waals surface area (Å²) in [4.78, 5) is 19.1. The van der Waals surface area contributed by atoms with Gasteiger partial charge in [-0.25, -0.2) is 9.37 Å². The Labute approximate surface area is 151 Å². The van der Waals surface area contributed by atoms with Crippen molar-refractivity contribution in [3.63, 3.8) is 0 Å². The van der Waals surface area contributed by atoms with Crippen LogP contribution in [0.3, 0.4) is 0 Å². The minimum Gasteiger partial charge on any atom is -0.493 e. The summed E-state index contributed by atoms with van der Waals surface area (Å²) in [5, 5.41) is 0. The van der Waals surface area contributed by atoms with Gasteiger partial charge < -0.3 is 14.0 Å². The van der Waals surface area contributed by atoms with Crippen LogP contribution in [0.5, 0.6) is 5.75 Å². The van der Waals surface area contributed by atoms with E-state index in [1.54, 1.807) is 18.3 Å². The average Bonchev–Trinajstić information content (AvgIpc) is 3.11. The third-order valence-electron chi connectivity index (χ3n) is 4.69. The van der Waals surface area contributed by atoms with Crippen LogP contribution in [0, 0.1) is 11.7 Å². The number of nitrogens with zero attached hydrogens (tertiary/aromatic N) is 3. The third kappa shape index (κ3) is 3.54. The highest BCUT2D eigenvalue weighted by molar-refractivity contribution is 5.93. The number of piperidine rings is 1. The number of halogens is 1. The van der Waals surface area contributed by atoms with E-state index in [2.05, 4.69) is 4.98 Å². The van der Waals surface area contributed by atoms with Crippen molar-refractivity contribution >= 4 is 11.6 Å². The number of benzene rings is 1. The number of hydrogen-bond acceptors (Lipinski definition) is 3. The molecule has 1 fully saturated rings. The summed E-state index contributed by atoms with van der Waals surface area (Å²) < 4.78 is 20.6. The van der Waals surface area contributed by atoms with E-state index < -0.39 is 0 Å². The maximum atomic E-state index is 13.0. The van der Waals surface area contributed by atoms with E-state index in [0.717, 1.165) is 25.0 Å². The number of fused-ring (bicyclic) bond motifs is 1. The molecule has 6 heteroatoms. The zero-order chi connectivity index (χ0) is 17.9. The lowest BCUT2D eigenvalue weighted by molar-refractivity contribution is 0.0628. The van der Waals surface area contributed by atoms with Gasteiger partial charge in [0.15, 0.2) is 0 Å². The number of pyridine rings is 1. The van der Waals surface area contributed by atoms with Crippen molar-refractivity contribution in [2.75, 3.05) is 19.7 Å². The van der Waals surface area contributed by atoms with E-state index in [-0.39, 0.29) is 17.6 Å². The number of likely N-dealkylation sites (tertiary alicyclic amines) is 1. The molecule has 26 heavy (non-hydrogen) atoms. The normalized spacial score (nSPS) is 17.4. The van der Waals surface area contributed by atoms with Gasteiger partial charge in [-0.15, -0.1) is 0 Å². The SMILES string of the molecule is O=C(c1cn2ccccc2n1)N1CCC[C@H](COc2ccc(F)cc2)C1. The monoisotopic (exact) mass is 353 g/mol. The maximum Gasteiger partial charge on any atom is 0.274 e. The first kappa shape index (κ1) is 16.6. The van der Waals surface area contributed by atoms with Crippen LogP contribution in [0.15, 0.2) is 54.9 Å². The molecule has 0 bridgehead atoms. The Morgan fingerprint density at radius 3 is 2.88 bits per heavy atom. The van der Waals surface area contributed by atoms with Gasteiger partial charge in [0.05, 0.1) is 6.61 Å². The van der Waals surface area contributed by atoms with Crippen molar-refractivity contribution in [3.05, 3.63) is 66.4 Å². The lowest BCUT2D eigenvalue weighted by Crippen LogP contribution is -2.41. The molecule has 2 aromatic heterocycles. The third-order valence-corrected chi connectivity index (χ3v) is 4.69. The topological polar surface area (TPSA) is 46.8 Å². The van der Waals surface area contributed by atoms with E-state index >= 15 is 0 Å². The van der Waals surface area contributed by atoms with Crippen molar-refractivity contribution in [1.29, 1.82) is 0 Å². The van der Waals surface area contributed by atoms with Crippen LogP contribution in [-0.4, -0.2) is 39.9 Å². The molecule has 0 saturated carbocycles. The van der Waals surface area contributed by atoms with Gasteiger partial charge in [-0.3, -0.25) is 4.79 Å². The number of imidazole rings is 1. The minimum atomic E-state index is -0.278. The molecule has 1 aliphatic rings. The zero-order valence-electron chi connectivity index (χ0n) is 14.3. The number of aromatic nitrogens is 2. The molecule has 0 aliphatic carbocycles. The lowest BCUT2D eigenvalue weighted by atomic mass is 9.98. The van der Waals surface area contributed by atoms with Gasteiger partial charge in [-0.2, -0.15) is 0 Å². The van der Waals surface area contributed by atoms with Gasteiger partial charge in [-0.05, 0) is 49.2 Å². The highest BCUT2D eigenvalue weighted by Gasteiger charge is 2.26. The lowest BCUT2D eigenvalue weighted by Gasteiger charge is -2.32. The summed E-state index contributed by atoms with van der Waals surface area (Å²) >= 11 is 0. The molecule has 134 valence electrons. The number of carbonyl (C=O) groups excluding carboxylic acids is 1. The molecule has 1 aliphatic heterocycles. The Hall–Kier alpha value is -2.89. The molecule has 0 unspecified atom stereocenters. The van der Waals surface area contributed by atoms with Crippen LogP contribution in [0.25, 0.3) is 5.65 Å². The number of hydrogen-bond donors (Lipinski definition) is 0. The van der Waals surface area contributed by atoms with Crippen LogP contribution < -0.4 is 4.74 Å². The quantitative estimate of drug-likeness (QED) is 0.722. The summed E-state index contributed by atoms with van der Waals surface area (Å²) in [5.74, 6) is 0.587. The van der Waals surface area contributed by atoms with Crippen LogP contribution in [0.2, 0.25) is 0 Å². The molecule has 0 spiro atoms. The molecule has 0 radical (unpaired) electrons. The van der Waals surface area contributed by atoms with Gasteiger partial charge in [0.25, 0.3) is 5.91 Å². The number of ether oxygens (including phenoxy) is 1. The molecule has 3 heterocycles. The summed E-state index contributed by atoms with van der Waals surface area (Å²) in [5.41, 5.74) is 1.24. The Bertz CT molecular complexity index is 874. The first-order chi connectivity index (χ1) is 12.7. The second kappa shape index (κ2) is 7.15. The number of amides is 1. The summed E-state index contributed by atoms with van der Waals surface area (Å²) in [7, 11) is 0. The Morgan fingerprint density at radius 1 is 1.23 bits per heavy atom. The van der Waals surface area contributed by atoms with Crippen molar-refractivity contribution in [2.45, 2.75) is 12.8 Å². The second-order valence-electron chi connectivity index (χ2n) is 6.62. The van der Waals surface area contributed by atoms with Crippen molar-refractivity contribution in [3.8, 4) is 5.75 Å².